The minimum atomic E-state index is -2.96. The highest BCUT2D eigenvalue weighted by atomic mass is 19.3. The van der Waals surface area contributed by atoms with E-state index in [2.05, 4.69) is 25.3 Å². The first-order valence-electron chi connectivity index (χ1n) is 9.85. The van der Waals surface area contributed by atoms with Crippen molar-refractivity contribution in [2.45, 2.75) is 26.6 Å². The van der Waals surface area contributed by atoms with Crippen molar-refractivity contribution in [2.24, 2.45) is 4.99 Å². The third-order valence-electron chi connectivity index (χ3n) is 4.73. The lowest BCUT2D eigenvalue weighted by atomic mass is 10.1. The molecule has 0 radical (unpaired) electrons. The fraction of sp³-hybridized carbons (Fsp3) is 0.273. The van der Waals surface area contributed by atoms with Crippen molar-refractivity contribution < 1.29 is 27.4 Å². The molecule has 0 bridgehead atoms. The summed E-state index contributed by atoms with van der Waals surface area (Å²) in [6, 6.07) is 10.9. The molecule has 0 spiro atoms. The van der Waals surface area contributed by atoms with Crippen molar-refractivity contribution in [1.82, 2.24) is 15.6 Å². The van der Waals surface area contributed by atoms with Crippen LogP contribution < -0.4 is 24.8 Å². The third kappa shape index (κ3) is 5.08. The maximum Gasteiger partial charge on any atom is 0.387 e. The van der Waals surface area contributed by atoms with Gasteiger partial charge in [-0.15, -0.1) is 0 Å². The van der Waals surface area contributed by atoms with Gasteiger partial charge in [-0.25, -0.2) is 4.98 Å². The van der Waals surface area contributed by atoms with E-state index in [1.54, 1.807) is 19.4 Å². The van der Waals surface area contributed by atoms with Crippen LogP contribution in [-0.4, -0.2) is 31.4 Å². The molecule has 2 N–H and O–H groups in total. The lowest BCUT2D eigenvalue weighted by molar-refractivity contribution is -0.0505. The fourth-order valence-electron chi connectivity index (χ4n) is 3.10. The molecule has 2 aromatic carbocycles. The number of oxazole rings is 1. The van der Waals surface area contributed by atoms with E-state index in [-0.39, 0.29) is 19.1 Å². The average Bonchev–Trinajstić information content (AvgIpc) is 3.43. The van der Waals surface area contributed by atoms with Gasteiger partial charge in [-0.05, 0) is 25.1 Å². The van der Waals surface area contributed by atoms with E-state index in [0.29, 0.717) is 41.2 Å². The molecule has 3 aromatic rings. The van der Waals surface area contributed by atoms with Crippen LogP contribution in [0.15, 0.2) is 52.1 Å². The summed E-state index contributed by atoms with van der Waals surface area (Å²) >= 11 is 0. The lowest BCUT2D eigenvalue weighted by Gasteiger charge is -2.15. The number of aromatic nitrogens is 1. The number of hydrogen-bond donors (Lipinski definition) is 2. The zero-order valence-electron chi connectivity index (χ0n) is 17.5. The zero-order valence-corrected chi connectivity index (χ0v) is 17.5. The number of aliphatic imine (C=N–C) groups is 1. The SMILES string of the molecule is CN=C(NCc1coc(-c2ccc(C)cc2)n1)NCc1cc2c(cc1OC(F)F)OCO2. The summed E-state index contributed by atoms with van der Waals surface area (Å²) in [6.07, 6.45) is 1.57. The predicted octanol–water partition coefficient (Wildman–Crippen LogP) is 3.85. The third-order valence-corrected chi connectivity index (χ3v) is 4.73. The Morgan fingerprint density at radius 2 is 1.84 bits per heavy atom. The molecule has 168 valence electrons. The molecule has 0 saturated heterocycles. The van der Waals surface area contributed by atoms with Crippen LogP contribution in [0.5, 0.6) is 17.2 Å². The number of ether oxygens (including phenoxy) is 3. The molecule has 1 aliphatic heterocycles. The Morgan fingerprint density at radius 1 is 1.12 bits per heavy atom. The van der Waals surface area contributed by atoms with E-state index in [9.17, 15) is 8.78 Å². The van der Waals surface area contributed by atoms with Crippen molar-refractivity contribution in [3.05, 3.63) is 59.5 Å². The minimum absolute atomic E-state index is 0.00597. The number of guanidine groups is 1. The van der Waals surface area contributed by atoms with Crippen LogP contribution in [0.25, 0.3) is 11.5 Å². The molecule has 0 fully saturated rings. The van der Waals surface area contributed by atoms with Gasteiger partial charge in [0.15, 0.2) is 17.5 Å². The number of benzene rings is 2. The normalized spacial score (nSPS) is 12.8. The number of hydrogen-bond acceptors (Lipinski definition) is 6. The van der Waals surface area contributed by atoms with Gasteiger partial charge in [0, 0.05) is 30.8 Å². The Morgan fingerprint density at radius 3 is 2.56 bits per heavy atom. The molecule has 0 aliphatic carbocycles. The van der Waals surface area contributed by atoms with Crippen molar-refractivity contribution in [3.63, 3.8) is 0 Å². The van der Waals surface area contributed by atoms with Crippen LogP contribution in [0.2, 0.25) is 0 Å². The summed E-state index contributed by atoms with van der Waals surface area (Å²) in [7, 11) is 1.60. The summed E-state index contributed by atoms with van der Waals surface area (Å²) in [6.45, 7) is -0.380. The molecule has 10 heteroatoms. The molecule has 2 heterocycles. The molecular weight excluding hydrogens is 422 g/mol. The van der Waals surface area contributed by atoms with E-state index in [0.717, 1.165) is 11.1 Å². The van der Waals surface area contributed by atoms with Gasteiger partial charge in [0.2, 0.25) is 12.7 Å². The molecule has 0 amide bonds. The van der Waals surface area contributed by atoms with Crippen LogP contribution in [0.3, 0.4) is 0 Å². The Balaban J connectivity index is 1.37. The predicted molar refractivity (Wildman–Crippen MR) is 113 cm³/mol. The molecule has 1 aliphatic rings. The van der Waals surface area contributed by atoms with Crippen LogP contribution in [0.4, 0.5) is 8.78 Å². The van der Waals surface area contributed by atoms with Crippen molar-refractivity contribution in [3.8, 4) is 28.7 Å². The second-order valence-electron chi connectivity index (χ2n) is 6.98. The molecule has 1 aromatic heterocycles. The highest BCUT2D eigenvalue weighted by molar-refractivity contribution is 5.79. The Kier molecular flexibility index (Phi) is 6.39. The number of aryl methyl sites for hydroxylation is 1. The van der Waals surface area contributed by atoms with Gasteiger partial charge in [0.25, 0.3) is 0 Å². The van der Waals surface area contributed by atoms with Gasteiger partial charge in [0.05, 0.1) is 12.2 Å². The standard InChI is InChI=1S/C22H22F2N4O4/c1-13-3-5-14(6-4-13)20-28-16(11-29-20)10-27-22(25-2)26-9-15-7-18-19(31-12-30-18)8-17(15)32-21(23)24/h3-8,11,21H,9-10,12H2,1-2H3,(H2,25,26,27). The van der Waals surface area contributed by atoms with Gasteiger partial charge in [-0.1, -0.05) is 17.7 Å². The molecule has 8 nitrogen and oxygen atoms in total. The lowest BCUT2D eigenvalue weighted by Crippen LogP contribution is -2.36. The van der Waals surface area contributed by atoms with E-state index in [1.165, 1.54) is 6.07 Å². The largest absolute Gasteiger partial charge is 0.454 e. The number of fused-ring (bicyclic) bond motifs is 1. The van der Waals surface area contributed by atoms with Gasteiger partial charge < -0.3 is 29.3 Å². The van der Waals surface area contributed by atoms with Crippen molar-refractivity contribution >= 4 is 5.96 Å². The van der Waals surface area contributed by atoms with E-state index in [1.807, 2.05) is 31.2 Å². The summed E-state index contributed by atoms with van der Waals surface area (Å²) in [5.41, 5.74) is 3.20. The maximum atomic E-state index is 12.8. The molecule has 32 heavy (non-hydrogen) atoms. The molecule has 4 rings (SSSR count). The van der Waals surface area contributed by atoms with Crippen LogP contribution >= 0.6 is 0 Å². The molecule has 0 unspecified atom stereocenters. The van der Waals surface area contributed by atoms with E-state index >= 15 is 0 Å². The van der Waals surface area contributed by atoms with Crippen molar-refractivity contribution in [1.29, 1.82) is 0 Å². The molecular formula is C22H22F2N4O4. The van der Waals surface area contributed by atoms with Crippen LogP contribution in [0, 0.1) is 6.92 Å². The highest BCUT2D eigenvalue weighted by Gasteiger charge is 2.20. The zero-order chi connectivity index (χ0) is 22.5. The Labute approximate surface area is 183 Å². The summed E-state index contributed by atoms with van der Waals surface area (Å²) in [4.78, 5) is 8.62. The molecule has 0 atom stereocenters. The topological polar surface area (TPSA) is 90.1 Å². The molecule has 0 saturated carbocycles. The van der Waals surface area contributed by atoms with E-state index < -0.39 is 6.61 Å². The number of nitrogens with one attached hydrogen (secondary N) is 2. The second kappa shape index (κ2) is 9.54. The Bertz CT molecular complexity index is 1100. The average molecular weight is 444 g/mol. The number of alkyl halides is 2. The summed E-state index contributed by atoms with van der Waals surface area (Å²) in [5.74, 6) is 1.82. The smallest absolute Gasteiger partial charge is 0.387 e. The summed E-state index contributed by atoms with van der Waals surface area (Å²) < 4.78 is 46.3. The van der Waals surface area contributed by atoms with Gasteiger partial charge >= 0.3 is 6.61 Å². The van der Waals surface area contributed by atoms with Gasteiger partial charge in [0.1, 0.15) is 12.0 Å². The first kappa shape index (κ1) is 21.4. The van der Waals surface area contributed by atoms with Crippen LogP contribution in [0.1, 0.15) is 16.8 Å². The maximum absolute atomic E-state index is 12.8. The summed E-state index contributed by atoms with van der Waals surface area (Å²) in [5, 5.41) is 6.18. The highest BCUT2D eigenvalue weighted by Crippen LogP contribution is 2.38. The second-order valence-corrected chi connectivity index (χ2v) is 6.98. The first-order chi connectivity index (χ1) is 15.5. The quantitative estimate of drug-likeness (QED) is 0.423. The van der Waals surface area contributed by atoms with Crippen LogP contribution in [-0.2, 0) is 13.1 Å². The fourth-order valence-corrected chi connectivity index (χ4v) is 3.10. The number of nitrogens with zero attached hydrogens (tertiary/aromatic N) is 2. The first-order valence-corrected chi connectivity index (χ1v) is 9.85. The Hall–Kier alpha value is -3.82. The van der Waals surface area contributed by atoms with Crippen molar-refractivity contribution in [2.75, 3.05) is 13.8 Å². The van der Waals surface area contributed by atoms with Gasteiger partial charge in [-0.2, -0.15) is 8.78 Å². The van der Waals surface area contributed by atoms with Gasteiger partial charge in [-0.3, -0.25) is 4.99 Å². The monoisotopic (exact) mass is 444 g/mol. The number of halogens is 2. The minimum Gasteiger partial charge on any atom is -0.454 e. The van der Waals surface area contributed by atoms with E-state index in [4.69, 9.17) is 13.9 Å². The number of rotatable bonds is 7.